The van der Waals surface area contributed by atoms with Crippen LogP contribution in [0.4, 0.5) is 0 Å². The van der Waals surface area contributed by atoms with Gasteiger partial charge in [0.15, 0.2) is 11.5 Å². The Morgan fingerprint density at radius 1 is 0.931 bits per heavy atom. The molecule has 0 aliphatic carbocycles. The number of rotatable bonds is 7. The number of ether oxygens (including phenoxy) is 2. The summed E-state index contributed by atoms with van der Waals surface area (Å²) in [4.78, 5) is 14.5. The van der Waals surface area contributed by atoms with Gasteiger partial charge < -0.3 is 9.47 Å². The van der Waals surface area contributed by atoms with Crippen LogP contribution in [0.5, 0.6) is 11.5 Å². The van der Waals surface area contributed by atoms with Crippen molar-refractivity contribution in [1.82, 2.24) is 4.83 Å². The number of nitrogens with one attached hydrogen (secondary N) is 1. The second kappa shape index (κ2) is 9.03. The SMILES string of the molecule is COc1cc(C=NNS(=O)(=O)c2ccccc2)ccc1OC(=O)c1ccccc1. The van der Waals surface area contributed by atoms with E-state index in [0.717, 1.165) is 0 Å². The molecule has 0 aromatic heterocycles. The second-order valence-corrected chi connectivity index (χ2v) is 7.49. The summed E-state index contributed by atoms with van der Waals surface area (Å²) < 4.78 is 34.9. The Morgan fingerprint density at radius 3 is 2.24 bits per heavy atom. The maximum atomic E-state index is 12.2. The number of hydrogen-bond donors (Lipinski definition) is 1. The molecule has 3 rings (SSSR count). The van der Waals surface area contributed by atoms with Gasteiger partial charge in [-0.05, 0) is 48.0 Å². The van der Waals surface area contributed by atoms with Gasteiger partial charge in [0.25, 0.3) is 10.0 Å². The van der Waals surface area contributed by atoms with E-state index in [2.05, 4.69) is 9.93 Å². The molecule has 0 saturated carbocycles. The first kappa shape index (κ1) is 20.1. The minimum atomic E-state index is -3.75. The third-order valence-corrected chi connectivity index (χ3v) is 5.08. The molecule has 0 aliphatic heterocycles. The molecule has 0 heterocycles. The van der Waals surface area contributed by atoms with Crippen LogP contribution in [0.3, 0.4) is 0 Å². The molecular formula is C21H18N2O5S. The third kappa shape index (κ3) is 5.20. The lowest BCUT2D eigenvalue weighted by Gasteiger charge is -2.10. The normalized spacial score (nSPS) is 11.2. The fraction of sp³-hybridized carbons (Fsp3) is 0.0476. The van der Waals surface area contributed by atoms with Crippen molar-refractivity contribution < 1.29 is 22.7 Å². The van der Waals surface area contributed by atoms with Gasteiger partial charge >= 0.3 is 5.97 Å². The zero-order chi connectivity index (χ0) is 20.7. The van der Waals surface area contributed by atoms with Crippen molar-refractivity contribution >= 4 is 22.2 Å². The van der Waals surface area contributed by atoms with Gasteiger partial charge in [-0.15, -0.1) is 0 Å². The van der Waals surface area contributed by atoms with Crippen molar-refractivity contribution in [3.05, 3.63) is 90.0 Å². The molecule has 148 valence electrons. The van der Waals surface area contributed by atoms with Gasteiger partial charge in [-0.25, -0.2) is 9.63 Å². The fourth-order valence-corrected chi connectivity index (χ4v) is 3.22. The first-order valence-electron chi connectivity index (χ1n) is 8.55. The van der Waals surface area contributed by atoms with Crippen LogP contribution in [0, 0.1) is 0 Å². The quantitative estimate of drug-likeness (QED) is 0.279. The number of benzene rings is 3. The number of carbonyl (C=O) groups excluding carboxylic acids is 1. The van der Waals surface area contributed by atoms with E-state index in [0.29, 0.717) is 16.9 Å². The fourth-order valence-electron chi connectivity index (χ4n) is 2.40. The molecule has 0 amide bonds. The smallest absolute Gasteiger partial charge is 0.343 e. The van der Waals surface area contributed by atoms with Gasteiger partial charge in [0.2, 0.25) is 0 Å². The largest absolute Gasteiger partial charge is 0.493 e. The highest BCUT2D eigenvalue weighted by atomic mass is 32.2. The molecule has 0 aliphatic rings. The van der Waals surface area contributed by atoms with Gasteiger partial charge in [-0.2, -0.15) is 13.5 Å². The minimum absolute atomic E-state index is 0.109. The Labute approximate surface area is 168 Å². The number of esters is 1. The molecule has 1 N–H and O–H groups in total. The van der Waals surface area contributed by atoms with Crippen LogP contribution in [0.2, 0.25) is 0 Å². The average Bonchev–Trinajstić information content (AvgIpc) is 2.75. The molecule has 29 heavy (non-hydrogen) atoms. The highest BCUT2D eigenvalue weighted by molar-refractivity contribution is 7.89. The van der Waals surface area contributed by atoms with Gasteiger partial charge in [0.05, 0.1) is 23.8 Å². The van der Waals surface area contributed by atoms with Crippen LogP contribution < -0.4 is 14.3 Å². The molecule has 0 unspecified atom stereocenters. The number of nitrogens with zero attached hydrogens (tertiary/aromatic N) is 1. The zero-order valence-electron chi connectivity index (χ0n) is 15.5. The first-order chi connectivity index (χ1) is 14.0. The van der Waals surface area contributed by atoms with Crippen molar-refractivity contribution in [1.29, 1.82) is 0 Å². The Balaban J connectivity index is 1.72. The molecule has 3 aromatic rings. The predicted molar refractivity (Wildman–Crippen MR) is 109 cm³/mol. The van der Waals surface area contributed by atoms with E-state index in [-0.39, 0.29) is 10.6 Å². The maximum absolute atomic E-state index is 12.2. The van der Waals surface area contributed by atoms with Crippen molar-refractivity contribution in [2.75, 3.05) is 7.11 Å². The lowest BCUT2D eigenvalue weighted by Crippen LogP contribution is -2.18. The standard InChI is InChI=1S/C21H18N2O5S/c1-27-20-14-16(15-22-23-29(25,26)18-10-6-3-7-11-18)12-13-19(20)28-21(24)17-8-4-2-5-9-17/h2-15,23H,1H3. The van der Waals surface area contributed by atoms with Crippen molar-refractivity contribution in [3.63, 3.8) is 0 Å². The molecule has 3 aromatic carbocycles. The summed E-state index contributed by atoms with van der Waals surface area (Å²) in [5, 5.41) is 3.78. The Kier molecular flexibility index (Phi) is 6.25. The summed E-state index contributed by atoms with van der Waals surface area (Å²) in [6, 6.07) is 21.2. The van der Waals surface area contributed by atoms with Crippen LogP contribution in [-0.2, 0) is 10.0 Å². The van der Waals surface area contributed by atoms with Crippen LogP contribution in [0.25, 0.3) is 0 Å². The van der Waals surface area contributed by atoms with Crippen molar-refractivity contribution in [2.45, 2.75) is 4.90 Å². The molecule has 8 heteroatoms. The van der Waals surface area contributed by atoms with E-state index in [1.54, 1.807) is 66.7 Å². The van der Waals surface area contributed by atoms with Gasteiger partial charge in [-0.3, -0.25) is 0 Å². The van der Waals surface area contributed by atoms with E-state index in [1.807, 2.05) is 0 Å². The Hall–Kier alpha value is -3.65. The average molecular weight is 410 g/mol. The van der Waals surface area contributed by atoms with Gasteiger partial charge in [0.1, 0.15) is 0 Å². The van der Waals surface area contributed by atoms with Crippen LogP contribution in [0.1, 0.15) is 15.9 Å². The summed E-state index contributed by atoms with van der Waals surface area (Å²) in [5.74, 6) is 0.0356. The highest BCUT2D eigenvalue weighted by Gasteiger charge is 2.13. The molecule has 0 fully saturated rings. The lowest BCUT2D eigenvalue weighted by atomic mass is 10.2. The predicted octanol–water partition coefficient (Wildman–Crippen LogP) is 3.23. The second-order valence-electron chi connectivity index (χ2n) is 5.83. The maximum Gasteiger partial charge on any atom is 0.343 e. The van der Waals surface area contributed by atoms with Crippen LogP contribution >= 0.6 is 0 Å². The summed E-state index contributed by atoms with van der Waals surface area (Å²) in [6.45, 7) is 0. The molecular weight excluding hydrogens is 392 g/mol. The van der Waals surface area contributed by atoms with Gasteiger partial charge in [-0.1, -0.05) is 36.4 Å². The summed E-state index contributed by atoms with van der Waals surface area (Å²) in [7, 11) is -2.31. The van der Waals surface area contributed by atoms with E-state index < -0.39 is 16.0 Å². The van der Waals surface area contributed by atoms with Crippen molar-refractivity contribution in [2.24, 2.45) is 5.10 Å². The van der Waals surface area contributed by atoms with E-state index >= 15 is 0 Å². The van der Waals surface area contributed by atoms with E-state index in [1.165, 1.54) is 25.5 Å². The zero-order valence-corrected chi connectivity index (χ0v) is 16.3. The number of carbonyl (C=O) groups is 1. The minimum Gasteiger partial charge on any atom is -0.493 e. The molecule has 0 saturated heterocycles. The number of methoxy groups -OCH3 is 1. The molecule has 0 bridgehead atoms. The summed E-state index contributed by atoms with van der Waals surface area (Å²) >= 11 is 0. The Morgan fingerprint density at radius 2 is 1.59 bits per heavy atom. The van der Waals surface area contributed by atoms with E-state index in [4.69, 9.17) is 9.47 Å². The third-order valence-electron chi connectivity index (χ3n) is 3.84. The molecule has 0 spiro atoms. The Bertz CT molecular complexity index is 1110. The highest BCUT2D eigenvalue weighted by Crippen LogP contribution is 2.28. The summed E-state index contributed by atoms with van der Waals surface area (Å²) in [6.07, 6.45) is 1.33. The summed E-state index contributed by atoms with van der Waals surface area (Å²) in [5.41, 5.74) is 0.965. The topological polar surface area (TPSA) is 94.1 Å². The van der Waals surface area contributed by atoms with Crippen molar-refractivity contribution in [3.8, 4) is 11.5 Å². The molecule has 7 nitrogen and oxygen atoms in total. The van der Waals surface area contributed by atoms with Gasteiger partial charge in [0, 0.05) is 0 Å². The first-order valence-corrected chi connectivity index (χ1v) is 10.0. The number of sulfonamides is 1. The van der Waals surface area contributed by atoms with E-state index in [9.17, 15) is 13.2 Å². The number of hydrazone groups is 1. The lowest BCUT2D eigenvalue weighted by molar-refractivity contribution is 0.0729. The molecule has 0 radical (unpaired) electrons. The van der Waals surface area contributed by atoms with Crippen LogP contribution in [0.15, 0.2) is 88.9 Å². The van der Waals surface area contributed by atoms with Crippen LogP contribution in [-0.4, -0.2) is 27.7 Å². The monoisotopic (exact) mass is 410 g/mol. The molecule has 0 atom stereocenters. The number of hydrogen-bond acceptors (Lipinski definition) is 6.